The monoisotopic (exact) mass is 514 g/mol. The molecule has 200 valence electrons. The van der Waals surface area contributed by atoms with Crippen LogP contribution < -0.4 is 14.8 Å². The van der Waals surface area contributed by atoms with Gasteiger partial charge in [-0.1, -0.05) is 38.0 Å². The van der Waals surface area contributed by atoms with Gasteiger partial charge in [0, 0.05) is 38.2 Å². The molecule has 2 N–H and O–H groups in total. The summed E-state index contributed by atoms with van der Waals surface area (Å²) in [4.78, 5) is 8.93. The summed E-state index contributed by atoms with van der Waals surface area (Å²) in [6.07, 6.45) is 16.5. The number of hydrogen-bond acceptors (Lipinski definition) is 7. The first-order chi connectivity index (χ1) is 18.7. The molecule has 4 rings (SSSR count). The van der Waals surface area contributed by atoms with Crippen LogP contribution in [0.25, 0.3) is 5.57 Å². The van der Waals surface area contributed by atoms with E-state index in [2.05, 4.69) is 65.3 Å². The second-order valence-electron chi connectivity index (χ2n) is 9.65. The van der Waals surface area contributed by atoms with E-state index in [1.807, 2.05) is 24.4 Å². The van der Waals surface area contributed by atoms with Crippen LogP contribution in [0.4, 0.5) is 0 Å². The van der Waals surface area contributed by atoms with Crippen LogP contribution >= 0.6 is 0 Å². The smallest absolute Gasteiger partial charge is 0.213 e. The third kappa shape index (κ3) is 8.27. The molecule has 7 heteroatoms. The lowest BCUT2D eigenvalue weighted by Gasteiger charge is -2.34. The molecule has 1 atom stereocenters. The Morgan fingerprint density at radius 3 is 2.55 bits per heavy atom. The quantitative estimate of drug-likeness (QED) is 0.216. The number of nitrogens with one attached hydrogen (secondary N) is 2. The molecule has 1 saturated heterocycles. The van der Waals surface area contributed by atoms with E-state index < -0.39 is 0 Å². The minimum absolute atomic E-state index is 0.0920. The molecule has 38 heavy (non-hydrogen) atoms. The van der Waals surface area contributed by atoms with E-state index in [-0.39, 0.29) is 12.2 Å². The van der Waals surface area contributed by atoms with Crippen LogP contribution in [0.5, 0.6) is 11.6 Å². The van der Waals surface area contributed by atoms with Crippen LogP contribution in [0, 0.1) is 23.2 Å². The average molecular weight is 515 g/mol. The van der Waals surface area contributed by atoms with E-state index in [1.165, 1.54) is 6.21 Å². The number of hydrogen-bond donors (Lipinski definition) is 2. The molecule has 1 saturated carbocycles. The Morgan fingerprint density at radius 2 is 1.92 bits per heavy atom. The Kier molecular flexibility index (Phi) is 10.5. The highest BCUT2D eigenvalue weighted by Crippen LogP contribution is 2.30. The van der Waals surface area contributed by atoms with Crippen LogP contribution in [0.3, 0.4) is 0 Å². The number of rotatable bonds is 13. The summed E-state index contributed by atoms with van der Waals surface area (Å²) in [5.41, 5.74) is 2.91. The maximum atomic E-state index is 7.45. The summed E-state index contributed by atoms with van der Waals surface area (Å²) in [7, 11) is 0. The zero-order valence-electron chi connectivity index (χ0n) is 22.4. The highest BCUT2D eigenvalue weighted by molar-refractivity contribution is 5.74. The first-order valence-electron chi connectivity index (χ1n) is 13.6. The largest absolute Gasteiger partial charge is 0.489 e. The lowest BCUT2D eigenvalue weighted by Crippen LogP contribution is -2.48. The molecule has 7 nitrogen and oxygen atoms in total. The maximum Gasteiger partial charge on any atom is 0.213 e. The van der Waals surface area contributed by atoms with E-state index in [1.54, 1.807) is 6.20 Å². The first kappa shape index (κ1) is 27.6. The van der Waals surface area contributed by atoms with E-state index in [0.29, 0.717) is 30.2 Å². The molecule has 1 aliphatic heterocycles. The fourth-order valence-electron chi connectivity index (χ4n) is 4.13. The molecule has 2 aromatic heterocycles. The van der Waals surface area contributed by atoms with Gasteiger partial charge >= 0.3 is 0 Å². The highest BCUT2D eigenvalue weighted by Gasteiger charge is 2.33. The van der Waals surface area contributed by atoms with Gasteiger partial charge in [0.1, 0.15) is 30.3 Å². The second kappa shape index (κ2) is 14.5. The van der Waals surface area contributed by atoms with Crippen molar-refractivity contribution in [1.29, 1.82) is 5.41 Å². The summed E-state index contributed by atoms with van der Waals surface area (Å²) in [6.45, 7) is 6.52. The Balaban J connectivity index is 1.22. The van der Waals surface area contributed by atoms with Crippen molar-refractivity contribution in [3.63, 3.8) is 0 Å². The third-order valence-electron chi connectivity index (χ3n) is 6.69. The normalized spacial score (nSPS) is 20.1. The maximum absolute atomic E-state index is 7.45. The molecular weight excluding hydrogens is 476 g/mol. The van der Waals surface area contributed by atoms with E-state index in [4.69, 9.17) is 19.6 Å². The minimum Gasteiger partial charge on any atom is -0.489 e. The van der Waals surface area contributed by atoms with Gasteiger partial charge in [-0.25, -0.2) is 9.97 Å². The summed E-state index contributed by atoms with van der Waals surface area (Å²) in [6, 6.07) is 7.78. The number of pyridine rings is 2. The fraction of sp³-hybridized carbons (Fsp3) is 0.452. The number of allylic oxidation sites excluding steroid dienone is 4. The topological polar surface area (TPSA) is 89.4 Å². The molecule has 2 aliphatic rings. The summed E-state index contributed by atoms with van der Waals surface area (Å²) in [5.74, 6) is 7.75. The third-order valence-corrected chi connectivity index (χ3v) is 6.69. The predicted molar refractivity (Wildman–Crippen MR) is 151 cm³/mol. The zero-order valence-corrected chi connectivity index (χ0v) is 22.4. The summed E-state index contributed by atoms with van der Waals surface area (Å²) < 4.78 is 17.7. The molecule has 1 aliphatic carbocycles. The van der Waals surface area contributed by atoms with Gasteiger partial charge in [-0.15, -0.1) is 0 Å². The van der Waals surface area contributed by atoms with Gasteiger partial charge in [-0.2, -0.15) is 0 Å². The van der Waals surface area contributed by atoms with Crippen molar-refractivity contribution >= 4 is 11.8 Å². The van der Waals surface area contributed by atoms with Crippen molar-refractivity contribution in [3.8, 4) is 23.5 Å². The Morgan fingerprint density at radius 1 is 1.08 bits per heavy atom. The van der Waals surface area contributed by atoms with Crippen molar-refractivity contribution < 1.29 is 14.2 Å². The molecule has 1 unspecified atom stereocenters. The minimum atomic E-state index is 0.0920. The van der Waals surface area contributed by atoms with Crippen molar-refractivity contribution in [2.75, 3.05) is 19.7 Å². The van der Waals surface area contributed by atoms with Crippen LogP contribution in [-0.2, 0) is 4.74 Å². The number of nitrogens with zero attached hydrogens (tertiary/aromatic N) is 2. The van der Waals surface area contributed by atoms with Crippen LogP contribution in [0.1, 0.15) is 57.2 Å². The SMILES string of the molecule is CC/C=C\C(=C/C(CC)CC=N)c1ccc(O[C@H]2C[C@@H](Oc3ccc(C#CCOC4CNC4)nc3)C2)nc1. The van der Waals surface area contributed by atoms with Crippen LogP contribution in [0.2, 0.25) is 0 Å². The van der Waals surface area contributed by atoms with Crippen molar-refractivity contribution in [2.24, 2.45) is 5.92 Å². The lowest BCUT2D eigenvalue weighted by molar-refractivity contribution is 0.00208. The number of ether oxygens (including phenoxy) is 3. The van der Waals surface area contributed by atoms with Gasteiger partial charge in [0.15, 0.2) is 0 Å². The van der Waals surface area contributed by atoms with Crippen molar-refractivity contribution in [1.82, 2.24) is 15.3 Å². The molecular formula is C31H38N4O3. The average Bonchev–Trinajstić information content (AvgIpc) is 2.89. The highest BCUT2D eigenvalue weighted by atomic mass is 16.5. The van der Waals surface area contributed by atoms with Gasteiger partial charge in [0.2, 0.25) is 5.88 Å². The van der Waals surface area contributed by atoms with Gasteiger partial charge in [-0.05, 0) is 66.7 Å². The molecule has 2 fully saturated rings. The molecule has 0 bridgehead atoms. The van der Waals surface area contributed by atoms with Crippen molar-refractivity contribution in [2.45, 2.75) is 64.3 Å². The van der Waals surface area contributed by atoms with Crippen LogP contribution in [0.15, 0.2) is 54.9 Å². The fourth-order valence-corrected chi connectivity index (χ4v) is 4.13. The lowest BCUT2D eigenvalue weighted by atomic mass is 9.92. The van der Waals surface area contributed by atoms with Crippen molar-refractivity contribution in [3.05, 3.63) is 66.1 Å². The second-order valence-corrected chi connectivity index (χ2v) is 9.65. The molecule has 3 heterocycles. The molecule has 0 radical (unpaired) electrons. The zero-order chi connectivity index (χ0) is 26.6. The van der Waals surface area contributed by atoms with Gasteiger partial charge in [0.05, 0.1) is 12.3 Å². The van der Waals surface area contributed by atoms with Crippen LogP contribution in [-0.4, -0.2) is 54.2 Å². The van der Waals surface area contributed by atoms with E-state index >= 15 is 0 Å². The Labute approximate surface area is 226 Å². The summed E-state index contributed by atoms with van der Waals surface area (Å²) >= 11 is 0. The number of aromatic nitrogens is 2. The predicted octanol–water partition coefficient (Wildman–Crippen LogP) is 5.22. The van der Waals surface area contributed by atoms with E-state index in [0.717, 1.165) is 62.1 Å². The molecule has 0 aromatic carbocycles. The Hall–Kier alpha value is -3.47. The van der Waals surface area contributed by atoms with E-state index in [9.17, 15) is 0 Å². The Bertz CT molecular complexity index is 1140. The van der Waals surface area contributed by atoms with Gasteiger partial charge in [-0.3, -0.25) is 0 Å². The standard InChI is InChI=1S/C31H38N4O3/c1-3-5-7-24(16-23(4-2)13-14-32)25-9-12-31(35-19-25)38-29-17-28(18-29)37-27-11-10-26(34-22-27)8-6-15-36-30-20-33-21-30/h5,7,9-12,14,16,19,22-23,28-30,32-33H,3-4,13,15,17-18,20-21H2,1-2H3/b7-5-,24-16+,32-14?/t23?,28-,29+. The van der Waals surface area contributed by atoms with Gasteiger partial charge in [0.25, 0.3) is 0 Å². The first-order valence-corrected chi connectivity index (χ1v) is 13.6. The molecule has 2 aromatic rings. The molecule has 0 amide bonds. The summed E-state index contributed by atoms with van der Waals surface area (Å²) in [5, 5.41) is 10.6. The molecule has 0 spiro atoms. The van der Waals surface area contributed by atoms with Gasteiger partial charge < -0.3 is 24.9 Å².